The lowest BCUT2D eigenvalue weighted by atomic mass is 10.0. The fourth-order valence-electron chi connectivity index (χ4n) is 1.89. The van der Waals surface area contributed by atoms with E-state index >= 15 is 0 Å². The zero-order chi connectivity index (χ0) is 11.5. The second-order valence-corrected chi connectivity index (χ2v) is 3.72. The first-order chi connectivity index (χ1) is 8.45. The van der Waals surface area contributed by atoms with Crippen LogP contribution in [0.1, 0.15) is 11.3 Å². The summed E-state index contributed by atoms with van der Waals surface area (Å²) in [7, 11) is 0. The van der Waals surface area contributed by atoms with E-state index in [9.17, 15) is 0 Å². The molecule has 0 aromatic carbocycles. The Labute approximate surface area is 99.3 Å². The molecule has 0 aliphatic carbocycles. The lowest BCUT2D eigenvalue weighted by molar-refractivity contribution is 1.27. The highest BCUT2D eigenvalue weighted by Crippen LogP contribution is 2.27. The van der Waals surface area contributed by atoms with Crippen LogP contribution < -0.4 is 0 Å². The molecule has 3 rings (SSSR count). The van der Waals surface area contributed by atoms with Gasteiger partial charge < -0.3 is 4.98 Å². The minimum absolute atomic E-state index is 0.959. The predicted molar refractivity (Wildman–Crippen MR) is 68.7 cm³/mol. The van der Waals surface area contributed by atoms with Gasteiger partial charge in [0.1, 0.15) is 0 Å². The van der Waals surface area contributed by atoms with Crippen molar-refractivity contribution in [2.75, 3.05) is 0 Å². The molecular weight excluding hydrogens is 210 g/mol. The minimum atomic E-state index is 0.959. The molecule has 2 aromatic heterocycles. The Bertz CT molecular complexity index is 576. The number of rotatable bonds is 2. The van der Waals surface area contributed by atoms with Crippen LogP contribution >= 0.6 is 0 Å². The number of hydrogen-bond acceptors (Lipinski definition) is 2. The van der Waals surface area contributed by atoms with E-state index in [1.165, 1.54) is 0 Å². The van der Waals surface area contributed by atoms with Crippen molar-refractivity contribution in [2.45, 2.75) is 0 Å². The van der Waals surface area contributed by atoms with E-state index in [4.69, 9.17) is 0 Å². The number of aliphatic imine (C=N–C) groups is 1. The van der Waals surface area contributed by atoms with Crippen LogP contribution in [-0.4, -0.2) is 16.2 Å². The number of aromatic amines is 1. The highest BCUT2D eigenvalue weighted by Gasteiger charge is 2.11. The molecular formula is C14H11N3. The van der Waals surface area contributed by atoms with Gasteiger partial charge in [0, 0.05) is 41.6 Å². The zero-order valence-corrected chi connectivity index (χ0v) is 9.17. The smallest absolute Gasteiger partial charge is 0.0730 e. The molecule has 1 aliphatic rings. The summed E-state index contributed by atoms with van der Waals surface area (Å²) < 4.78 is 0. The van der Waals surface area contributed by atoms with Crippen molar-refractivity contribution < 1.29 is 0 Å². The summed E-state index contributed by atoms with van der Waals surface area (Å²) in [4.78, 5) is 11.7. The van der Waals surface area contributed by atoms with Gasteiger partial charge in [-0.05, 0) is 30.4 Å². The standard InChI is InChI=1S/C14H11N3/c1-4-11(10-15-7-1)14(12-5-2-8-16-12)13-6-3-9-17-13/h1-10,16H. The SMILES string of the molecule is C1=CC(=C(c2cccnc2)c2ccc[nH]2)N=C1. The summed E-state index contributed by atoms with van der Waals surface area (Å²) >= 11 is 0. The monoisotopic (exact) mass is 221 g/mol. The van der Waals surface area contributed by atoms with Gasteiger partial charge in [-0.15, -0.1) is 0 Å². The lowest BCUT2D eigenvalue weighted by Gasteiger charge is -2.07. The zero-order valence-electron chi connectivity index (χ0n) is 9.17. The number of allylic oxidation sites excluding steroid dienone is 2. The van der Waals surface area contributed by atoms with Gasteiger partial charge in [0.25, 0.3) is 0 Å². The van der Waals surface area contributed by atoms with Gasteiger partial charge in [-0.25, -0.2) is 0 Å². The first-order valence-corrected chi connectivity index (χ1v) is 5.44. The van der Waals surface area contributed by atoms with E-state index in [1.807, 2.05) is 48.8 Å². The summed E-state index contributed by atoms with van der Waals surface area (Å²) in [5.74, 6) is 0. The molecule has 2 aromatic rings. The van der Waals surface area contributed by atoms with Gasteiger partial charge in [-0.1, -0.05) is 6.07 Å². The van der Waals surface area contributed by atoms with Crippen molar-refractivity contribution in [3.05, 3.63) is 72.0 Å². The summed E-state index contributed by atoms with van der Waals surface area (Å²) in [5, 5.41) is 0. The molecule has 0 saturated carbocycles. The molecule has 1 N–H and O–H groups in total. The fourth-order valence-corrected chi connectivity index (χ4v) is 1.89. The second kappa shape index (κ2) is 4.22. The Morgan fingerprint density at radius 2 is 2.18 bits per heavy atom. The largest absolute Gasteiger partial charge is 0.361 e. The van der Waals surface area contributed by atoms with Crippen LogP contribution in [0.4, 0.5) is 0 Å². The first-order valence-electron chi connectivity index (χ1n) is 5.44. The molecule has 0 amide bonds. The average Bonchev–Trinajstić information content (AvgIpc) is 3.04. The van der Waals surface area contributed by atoms with Crippen LogP contribution in [-0.2, 0) is 0 Å². The molecule has 3 heteroatoms. The number of pyridine rings is 1. The van der Waals surface area contributed by atoms with Crippen LogP contribution in [0.15, 0.2) is 65.7 Å². The summed E-state index contributed by atoms with van der Waals surface area (Å²) in [5.41, 5.74) is 4.15. The molecule has 3 heterocycles. The van der Waals surface area contributed by atoms with Gasteiger partial charge >= 0.3 is 0 Å². The van der Waals surface area contributed by atoms with Gasteiger partial charge in [0.15, 0.2) is 0 Å². The molecule has 3 nitrogen and oxygen atoms in total. The maximum atomic E-state index is 4.36. The van der Waals surface area contributed by atoms with Crippen molar-refractivity contribution in [2.24, 2.45) is 4.99 Å². The molecule has 0 saturated heterocycles. The van der Waals surface area contributed by atoms with Crippen LogP contribution in [0.5, 0.6) is 0 Å². The van der Waals surface area contributed by atoms with Gasteiger partial charge in [0.05, 0.1) is 5.70 Å². The number of hydrogen-bond donors (Lipinski definition) is 1. The average molecular weight is 221 g/mol. The quantitative estimate of drug-likeness (QED) is 0.832. The normalized spacial score (nSPS) is 16.5. The van der Waals surface area contributed by atoms with Gasteiger partial charge in [-0.2, -0.15) is 0 Å². The van der Waals surface area contributed by atoms with Crippen LogP contribution in [0.2, 0.25) is 0 Å². The van der Waals surface area contributed by atoms with E-state index in [1.54, 1.807) is 12.4 Å². The summed E-state index contributed by atoms with van der Waals surface area (Å²) in [6.45, 7) is 0. The van der Waals surface area contributed by atoms with E-state index in [0.717, 1.165) is 22.5 Å². The molecule has 0 bridgehead atoms. The van der Waals surface area contributed by atoms with E-state index in [2.05, 4.69) is 15.0 Å². The van der Waals surface area contributed by atoms with Crippen LogP contribution in [0.3, 0.4) is 0 Å². The van der Waals surface area contributed by atoms with Gasteiger partial charge in [0.2, 0.25) is 0 Å². The van der Waals surface area contributed by atoms with Gasteiger partial charge in [-0.3, -0.25) is 9.98 Å². The van der Waals surface area contributed by atoms with E-state index < -0.39 is 0 Å². The highest BCUT2D eigenvalue weighted by molar-refractivity contribution is 5.87. The maximum absolute atomic E-state index is 4.36. The Balaban J connectivity index is 2.20. The molecule has 0 unspecified atom stereocenters. The number of nitrogens with one attached hydrogen (secondary N) is 1. The molecule has 0 spiro atoms. The maximum Gasteiger partial charge on any atom is 0.0730 e. The highest BCUT2D eigenvalue weighted by atomic mass is 14.8. The van der Waals surface area contributed by atoms with Crippen LogP contribution in [0, 0.1) is 0 Å². The predicted octanol–water partition coefficient (Wildman–Crippen LogP) is 2.81. The molecule has 0 atom stereocenters. The molecule has 1 aliphatic heterocycles. The Hall–Kier alpha value is -2.42. The molecule has 0 fully saturated rings. The van der Waals surface area contributed by atoms with Crippen LogP contribution in [0.25, 0.3) is 5.57 Å². The summed E-state index contributed by atoms with van der Waals surface area (Å²) in [6.07, 6.45) is 11.3. The fraction of sp³-hybridized carbons (Fsp3) is 0. The van der Waals surface area contributed by atoms with E-state index in [-0.39, 0.29) is 0 Å². The molecule has 82 valence electrons. The minimum Gasteiger partial charge on any atom is -0.361 e. The Morgan fingerprint density at radius 1 is 1.18 bits per heavy atom. The summed E-state index contributed by atoms with van der Waals surface area (Å²) in [6, 6.07) is 7.99. The first kappa shape index (κ1) is 9.78. The number of H-pyrrole nitrogens is 1. The van der Waals surface area contributed by atoms with Crippen molar-refractivity contribution in [1.82, 2.24) is 9.97 Å². The third kappa shape index (κ3) is 1.83. The third-order valence-electron chi connectivity index (χ3n) is 2.63. The molecule has 17 heavy (non-hydrogen) atoms. The Kier molecular flexibility index (Phi) is 2.43. The molecule has 0 radical (unpaired) electrons. The second-order valence-electron chi connectivity index (χ2n) is 3.72. The van der Waals surface area contributed by atoms with Crippen molar-refractivity contribution in [1.29, 1.82) is 0 Å². The lowest BCUT2D eigenvalue weighted by Crippen LogP contribution is -1.92. The van der Waals surface area contributed by atoms with E-state index in [0.29, 0.717) is 0 Å². The Morgan fingerprint density at radius 3 is 2.82 bits per heavy atom. The van der Waals surface area contributed by atoms with Crippen molar-refractivity contribution >= 4 is 11.8 Å². The van der Waals surface area contributed by atoms with Crippen molar-refractivity contribution in [3.63, 3.8) is 0 Å². The van der Waals surface area contributed by atoms with Crippen molar-refractivity contribution in [3.8, 4) is 0 Å². The third-order valence-corrected chi connectivity index (χ3v) is 2.63. The number of aromatic nitrogens is 2. The topological polar surface area (TPSA) is 41.0 Å². The number of nitrogens with zero attached hydrogens (tertiary/aromatic N) is 2.